The predicted molar refractivity (Wildman–Crippen MR) is 97.8 cm³/mol. The van der Waals surface area contributed by atoms with Crippen LogP contribution in [0.5, 0.6) is 0 Å². The van der Waals surface area contributed by atoms with E-state index in [1.165, 1.54) is 18.1 Å². The van der Waals surface area contributed by atoms with E-state index >= 15 is 0 Å². The SMILES string of the molecule is COC(=O)N(C)CCc1ccc([N+](=O)[O-])c(CSc2ccccc2)c1. The molecule has 2 aromatic carbocycles. The molecule has 25 heavy (non-hydrogen) atoms. The smallest absolute Gasteiger partial charge is 0.409 e. The summed E-state index contributed by atoms with van der Waals surface area (Å²) in [7, 11) is 2.99. The topological polar surface area (TPSA) is 72.7 Å². The van der Waals surface area contributed by atoms with Crippen molar-refractivity contribution in [2.24, 2.45) is 0 Å². The summed E-state index contributed by atoms with van der Waals surface area (Å²) in [5.74, 6) is 0.515. The van der Waals surface area contributed by atoms with Crippen LogP contribution in [-0.4, -0.2) is 36.6 Å². The normalized spacial score (nSPS) is 10.3. The highest BCUT2D eigenvalue weighted by molar-refractivity contribution is 7.98. The van der Waals surface area contributed by atoms with Gasteiger partial charge in [0, 0.05) is 35.9 Å². The van der Waals surface area contributed by atoms with Crippen molar-refractivity contribution in [3.05, 3.63) is 69.8 Å². The summed E-state index contributed by atoms with van der Waals surface area (Å²) in [5, 5.41) is 11.3. The molecule has 0 saturated carbocycles. The summed E-state index contributed by atoms with van der Waals surface area (Å²) in [6.45, 7) is 0.482. The van der Waals surface area contributed by atoms with Gasteiger partial charge < -0.3 is 9.64 Å². The van der Waals surface area contributed by atoms with Gasteiger partial charge in [0.2, 0.25) is 0 Å². The van der Waals surface area contributed by atoms with Crippen molar-refractivity contribution >= 4 is 23.5 Å². The monoisotopic (exact) mass is 360 g/mol. The molecule has 0 N–H and O–H groups in total. The van der Waals surface area contributed by atoms with Gasteiger partial charge in [-0.2, -0.15) is 0 Å². The van der Waals surface area contributed by atoms with Crippen LogP contribution in [0, 0.1) is 10.1 Å². The number of hydrogen-bond acceptors (Lipinski definition) is 5. The number of carbonyl (C=O) groups is 1. The molecule has 2 aromatic rings. The molecule has 0 bridgehead atoms. The Hall–Kier alpha value is -2.54. The standard InChI is InChI=1S/C18H20N2O4S/c1-19(18(21)24-2)11-10-14-8-9-17(20(22)23)15(12-14)13-25-16-6-4-3-5-7-16/h3-9,12H,10-11,13H2,1-2H3. The van der Waals surface area contributed by atoms with Gasteiger partial charge in [-0.05, 0) is 30.2 Å². The van der Waals surface area contributed by atoms with Crippen LogP contribution in [-0.2, 0) is 16.9 Å². The van der Waals surface area contributed by atoms with Crippen LogP contribution in [0.4, 0.5) is 10.5 Å². The van der Waals surface area contributed by atoms with Crippen LogP contribution >= 0.6 is 11.8 Å². The van der Waals surface area contributed by atoms with Gasteiger partial charge in [0.15, 0.2) is 0 Å². The van der Waals surface area contributed by atoms with Crippen LogP contribution in [0.2, 0.25) is 0 Å². The number of thioether (sulfide) groups is 1. The maximum Gasteiger partial charge on any atom is 0.409 e. The van der Waals surface area contributed by atoms with E-state index in [4.69, 9.17) is 0 Å². The van der Waals surface area contributed by atoms with E-state index in [9.17, 15) is 14.9 Å². The van der Waals surface area contributed by atoms with Gasteiger partial charge in [0.1, 0.15) is 0 Å². The lowest BCUT2D eigenvalue weighted by atomic mass is 10.1. The Morgan fingerprint density at radius 2 is 1.96 bits per heavy atom. The number of nitrogens with zero attached hydrogens (tertiary/aromatic N) is 2. The first kappa shape index (κ1) is 18.8. The number of likely N-dealkylation sites (N-methyl/N-ethyl adjacent to an activating group) is 1. The third-order valence-corrected chi connectivity index (χ3v) is 4.76. The number of rotatable bonds is 7. The Labute approximate surface area is 150 Å². The van der Waals surface area contributed by atoms with Gasteiger partial charge in [0.25, 0.3) is 5.69 Å². The van der Waals surface area contributed by atoms with Crippen LogP contribution in [0.15, 0.2) is 53.4 Å². The Balaban J connectivity index is 2.10. The van der Waals surface area contributed by atoms with Gasteiger partial charge >= 0.3 is 6.09 Å². The summed E-state index contributed by atoms with van der Waals surface area (Å²) in [5.41, 5.74) is 1.75. The molecule has 0 unspecified atom stereocenters. The number of carbonyl (C=O) groups excluding carboxylic acids is 1. The second-order valence-electron chi connectivity index (χ2n) is 5.46. The molecule has 2 rings (SSSR count). The van der Waals surface area contributed by atoms with Crippen molar-refractivity contribution < 1.29 is 14.5 Å². The zero-order chi connectivity index (χ0) is 18.2. The largest absolute Gasteiger partial charge is 0.453 e. The first-order valence-corrected chi connectivity index (χ1v) is 8.73. The lowest BCUT2D eigenvalue weighted by molar-refractivity contribution is -0.385. The average Bonchev–Trinajstić information content (AvgIpc) is 2.64. The highest BCUT2D eigenvalue weighted by Crippen LogP contribution is 2.28. The van der Waals surface area contributed by atoms with E-state index in [0.29, 0.717) is 24.3 Å². The van der Waals surface area contributed by atoms with Crippen molar-refractivity contribution in [3.63, 3.8) is 0 Å². The number of hydrogen-bond donors (Lipinski definition) is 0. The molecule has 7 heteroatoms. The molecule has 0 saturated heterocycles. The van der Waals surface area contributed by atoms with Crippen LogP contribution in [0.3, 0.4) is 0 Å². The molecule has 0 aliphatic carbocycles. The van der Waals surface area contributed by atoms with Crippen LogP contribution in [0.25, 0.3) is 0 Å². The Morgan fingerprint density at radius 1 is 1.24 bits per heavy atom. The lowest BCUT2D eigenvalue weighted by Crippen LogP contribution is -2.28. The molecular weight excluding hydrogens is 340 g/mol. The molecule has 0 heterocycles. The Morgan fingerprint density at radius 3 is 2.60 bits per heavy atom. The molecule has 1 amide bonds. The summed E-state index contributed by atoms with van der Waals surface area (Å²) in [6, 6.07) is 14.9. The van der Waals surface area contributed by atoms with Crippen molar-refractivity contribution in [2.75, 3.05) is 20.7 Å². The third-order valence-electron chi connectivity index (χ3n) is 3.70. The maximum atomic E-state index is 11.4. The minimum Gasteiger partial charge on any atom is -0.453 e. The van der Waals surface area contributed by atoms with Crippen LogP contribution in [0.1, 0.15) is 11.1 Å². The Bertz CT molecular complexity index is 737. The first-order chi connectivity index (χ1) is 12.0. The van der Waals surface area contributed by atoms with Gasteiger partial charge in [-0.1, -0.05) is 24.3 Å². The van der Waals surface area contributed by atoms with Gasteiger partial charge in [-0.25, -0.2) is 4.79 Å². The summed E-state index contributed by atoms with van der Waals surface area (Å²) >= 11 is 1.56. The second-order valence-corrected chi connectivity index (χ2v) is 6.51. The third kappa shape index (κ3) is 5.49. The molecule has 0 fully saturated rings. The second kappa shape index (κ2) is 9.08. The van der Waals surface area contributed by atoms with Crippen LogP contribution < -0.4 is 0 Å². The van der Waals surface area contributed by atoms with Crippen molar-refractivity contribution in [2.45, 2.75) is 17.1 Å². The molecule has 0 spiro atoms. The number of nitro groups is 1. The fourth-order valence-corrected chi connectivity index (χ4v) is 3.21. The molecule has 0 aromatic heterocycles. The minimum atomic E-state index is -0.401. The number of nitro benzene ring substituents is 1. The highest BCUT2D eigenvalue weighted by Gasteiger charge is 2.15. The maximum absolute atomic E-state index is 11.4. The predicted octanol–water partition coefficient (Wildman–Crippen LogP) is 4.13. The molecule has 0 aliphatic heterocycles. The molecule has 0 radical (unpaired) electrons. The fraction of sp³-hybridized carbons (Fsp3) is 0.278. The minimum absolute atomic E-state index is 0.119. The number of benzene rings is 2. The number of ether oxygens (including phenoxy) is 1. The number of methoxy groups -OCH3 is 1. The van der Waals surface area contributed by atoms with E-state index < -0.39 is 6.09 Å². The van der Waals surface area contributed by atoms with E-state index in [1.54, 1.807) is 24.9 Å². The highest BCUT2D eigenvalue weighted by atomic mass is 32.2. The zero-order valence-corrected chi connectivity index (χ0v) is 15.0. The molecule has 6 nitrogen and oxygen atoms in total. The van der Waals surface area contributed by atoms with Gasteiger partial charge in [0.05, 0.1) is 12.0 Å². The fourth-order valence-electron chi connectivity index (χ4n) is 2.31. The van der Waals surface area contributed by atoms with Crippen molar-refractivity contribution in [1.29, 1.82) is 0 Å². The van der Waals surface area contributed by atoms with E-state index in [1.807, 2.05) is 36.4 Å². The van der Waals surface area contributed by atoms with Gasteiger partial charge in [-0.3, -0.25) is 10.1 Å². The molecule has 0 atom stereocenters. The summed E-state index contributed by atoms with van der Waals surface area (Å²) in [4.78, 5) is 24.9. The summed E-state index contributed by atoms with van der Waals surface area (Å²) in [6.07, 6.45) is 0.203. The van der Waals surface area contributed by atoms with E-state index in [2.05, 4.69) is 4.74 Å². The lowest BCUT2D eigenvalue weighted by Gasteiger charge is -2.15. The summed E-state index contributed by atoms with van der Waals surface area (Å²) < 4.78 is 4.66. The Kier molecular flexibility index (Phi) is 6.82. The number of amides is 1. The first-order valence-electron chi connectivity index (χ1n) is 7.74. The quantitative estimate of drug-likeness (QED) is 0.422. The van der Waals surface area contributed by atoms with E-state index in [0.717, 1.165) is 10.5 Å². The zero-order valence-electron chi connectivity index (χ0n) is 14.2. The average molecular weight is 360 g/mol. The van der Waals surface area contributed by atoms with Crippen molar-refractivity contribution in [1.82, 2.24) is 4.90 Å². The molecule has 132 valence electrons. The molecular formula is C18H20N2O4S. The molecule has 0 aliphatic rings. The van der Waals surface area contributed by atoms with Gasteiger partial charge in [-0.15, -0.1) is 11.8 Å². The van der Waals surface area contributed by atoms with E-state index in [-0.39, 0.29) is 10.6 Å². The van der Waals surface area contributed by atoms with Crippen molar-refractivity contribution in [3.8, 4) is 0 Å².